The van der Waals surface area contributed by atoms with E-state index < -0.39 is 11.9 Å². The number of nitrogens with zero attached hydrogens (tertiary/aromatic N) is 1. The molecule has 0 aliphatic rings. The molecule has 0 aliphatic carbocycles. The first kappa shape index (κ1) is 33.5. The van der Waals surface area contributed by atoms with Crippen LogP contribution in [-0.4, -0.2) is 51.0 Å². The first-order chi connectivity index (χ1) is 22.7. The Labute approximate surface area is 285 Å². The Kier molecular flexibility index (Phi) is 10.5. The molecule has 0 fully saturated rings. The SMILES string of the molecule is CCOc1cc(C=NNC(=O)c2[nH]c3c(Cl)cc(Cl)cc3c2-c2ccccc2Cl)ccc1OC(=O)c1cc(OC)c(OC)c(OC)c1. The average molecular weight is 697 g/mol. The normalized spacial score (nSPS) is 11.0. The Hall–Kier alpha value is -4.90. The van der Waals surface area contributed by atoms with E-state index in [1.165, 1.54) is 39.7 Å². The molecule has 0 saturated carbocycles. The molecule has 4 aromatic carbocycles. The number of carbonyl (C=O) groups excluding carboxylic acids is 2. The summed E-state index contributed by atoms with van der Waals surface area (Å²) in [6.45, 7) is 2.09. The van der Waals surface area contributed by atoms with Gasteiger partial charge < -0.3 is 28.7 Å². The summed E-state index contributed by atoms with van der Waals surface area (Å²) in [4.78, 5) is 29.6. The van der Waals surface area contributed by atoms with Crippen LogP contribution in [0, 0.1) is 0 Å². The molecule has 1 amide bonds. The van der Waals surface area contributed by atoms with Crippen molar-refractivity contribution in [3.8, 4) is 39.9 Å². The Morgan fingerprint density at radius 1 is 0.851 bits per heavy atom. The molecule has 47 heavy (non-hydrogen) atoms. The number of rotatable bonds is 11. The van der Waals surface area contributed by atoms with E-state index in [1.54, 1.807) is 55.5 Å². The van der Waals surface area contributed by atoms with Crippen molar-refractivity contribution in [2.24, 2.45) is 5.10 Å². The quantitative estimate of drug-likeness (QED) is 0.0618. The zero-order valence-electron chi connectivity index (χ0n) is 25.6. The van der Waals surface area contributed by atoms with Gasteiger partial charge in [0.2, 0.25) is 5.75 Å². The van der Waals surface area contributed by atoms with Gasteiger partial charge in [-0.1, -0.05) is 53.0 Å². The molecule has 0 radical (unpaired) electrons. The lowest BCUT2D eigenvalue weighted by Gasteiger charge is -2.15. The van der Waals surface area contributed by atoms with Crippen molar-refractivity contribution in [2.75, 3.05) is 27.9 Å². The van der Waals surface area contributed by atoms with E-state index >= 15 is 0 Å². The van der Waals surface area contributed by atoms with Crippen LogP contribution in [0.5, 0.6) is 28.7 Å². The highest BCUT2D eigenvalue weighted by Gasteiger charge is 2.23. The van der Waals surface area contributed by atoms with Gasteiger partial charge in [0.1, 0.15) is 5.69 Å². The number of H-pyrrole nitrogens is 1. The zero-order chi connectivity index (χ0) is 33.7. The van der Waals surface area contributed by atoms with Crippen molar-refractivity contribution in [1.82, 2.24) is 10.4 Å². The molecule has 10 nitrogen and oxygen atoms in total. The Morgan fingerprint density at radius 2 is 1.57 bits per heavy atom. The summed E-state index contributed by atoms with van der Waals surface area (Å²) in [6, 6.07) is 18.2. The second kappa shape index (κ2) is 14.7. The maximum Gasteiger partial charge on any atom is 0.343 e. The molecule has 0 bridgehead atoms. The highest BCUT2D eigenvalue weighted by atomic mass is 35.5. The number of fused-ring (bicyclic) bond motifs is 1. The molecule has 5 rings (SSSR count). The van der Waals surface area contributed by atoms with Gasteiger partial charge in [0.15, 0.2) is 23.0 Å². The fraction of sp³-hybridized carbons (Fsp3) is 0.147. The van der Waals surface area contributed by atoms with Crippen LogP contribution in [0.3, 0.4) is 0 Å². The zero-order valence-corrected chi connectivity index (χ0v) is 27.8. The molecule has 13 heteroatoms. The number of methoxy groups -OCH3 is 3. The van der Waals surface area contributed by atoms with Crippen molar-refractivity contribution in [2.45, 2.75) is 6.92 Å². The predicted molar refractivity (Wildman–Crippen MR) is 182 cm³/mol. The van der Waals surface area contributed by atoms with Gasteiger partial charge in [-0.15, -0.1) is 0 Å². The minimum Gasteiger partial charge on any atom is -0.493 e. The summed E-state index contributed by atoms with van der Waals surface area (Å²) in [7, 11) is 4.37. The molecule has 0 unspecified atom stereocenters. The number of hydrazone groups is 1. The summed E-state index contributed by atoms with van der Waals surface area (Å²) in [6.07, 6.45) is 1.42. The highest BCUT2D eigenvalue weighted by molar-refractivity contribution is 6.39. The van der Waals surface area contributed by atoms with Crippen LogP contribution in [0.15, 0.2) is 71.8 Å². The summed E-state index contributed by atoms with van der Waals surface area (Å²) in [5.41, 5.74) is 5.13. The Balaban J connectivity index is 1.39. The maximum atomic E-state index is 13.4. The average Bonchev–Trinajstić information content (AvgIpc) is 3.45. The fourth-order valence-corrected chi connectivity index (χ4v) is 5.64. The first-order valence-electron chi connectivity index (χ1n) is 14.1. The number of esters is 1. The Morgan fingerprint density at radius 3 is 2.23 bits per heavy atom. The third-order valence-electron chi connectivity index (χ3n) is 6.95. The van der Waals surface area contributed by atoms with E-state index in [1.807, 2.05) is 6.07 Å². The molecule has 242 valence electrons. The van der Waals surface area contributed by atoms with Crippen molar-refractivity contribution < 1.29 is 33.3 Å². The lowest BCUT2D eigenvalue weighted by Crippen LogP contribution is -2.19. The van der Waals surface area contributed by atoms with E-state index in [2.05, 4.69) is 15.5 Å². The number of ether oxygens (including phenoxy) is 5. The molecular formula is C34H28Cl3N3O7. The second-order valence-corrected chi connectivity index (χ2v) is 11.1. The number of aromatic amines is 1. The molecule has 2 N–H and O–H groups in total. The lowest BCUT2D eigenvalue weighted by molar-refractivity contribution is 0.0727. The number of aromatic nitrogens is 1. The third kappa shape index (κ3) is 7.10. The minimum absolute atomic E-state index is 0.171. The van der Waals surface area contributed by atoms with Gasteiger partial charge in [-0.2, -0.15) is 5.10 Å². The van der Waals surface area contributed by atoms with Crippen LogP contribution in [0.25, 0.3) is 22.0 Å². The van der Waals surface area contributed by atoms with Gasteiger partial charge in [0, 0.05) is 26.6 Å². The van der Waals surface area contributed by atoms with Crippen molar-refractivity contribution in [3.63, 3.8) is 0 Å². The fourth-order valence-electron chi connectivity index (χ4n) is 4.87. The number of halogens is 3. The molecule has 1 aromatic heterocycles. The van der Waals surface area contributed by atoms with Gasteiger partial charge in [0.05, 0.1) is 50.3 Å². The van der Waals surface area contributed by atoms with Crippen molar-refractivity contribution in [3.05, 3.63) is 98.6 Å². The van der Waals surface area contributed by atoms with E-state index in [0.717, 1.165) is 0 Å². The van der Waals surface area contributed by atoms with Crippen LogP contribution >= 0.6 is 34.8 Å². The van der Waals surface area contributed by atoms with Crippen LogP contribution in [0.2, 0.25) is 15.1 Å². The monoisotopic (exact) mass is 695 g/mol. The van der Waals surface area contributed by atoms with Gasteiger partial charge in [-0.05, 0) is 61.0 Å². The summed E-state index contributed by atoms with van der Waals surface area (Å²) in [5.74, 6) is 0.187. The predicted octanol–water partition coefficient (Wildman–Crippen LogP) is 8.20. The molecule has 0 saturated heterocycles. The largest absolute Gasteiger partial charge is 0.493 e. The van der Waals surface area contributed by atoms with Gasteiger partial charge in [0.25, 0.3) is 5.91 Å². The van der Waals surface area contributed by atoms with Gasteiger partial charge in [-0.3, -0.25) is 4.79 Å². The standard InChI is InChI=1S/C34H28Cl3N3O7/c1-5-46-26-12-18(10-11-25(26)47-34(42)19-13-27(43-2)32(45-4)28(14-19)44-3)17-38-40-33(41)31-29(21-8-6-7-9-23(21)36)22-15-20(35)16-24(37)30(22)39-31/h6-17,39H,5H2,1-4H3,(H,40,41). The smallest absolute Gasteiger partial charge is 0.343 e. The number of hydrogen-bond acceptors (Lipinski definition) is 8. The maximum absolute atomic E-state index is 13.4. The van der Waals surface area contributed by atoms with Crippen molar-refractivity contribution >= 4 is 63.8 Å². The van der Waals surface area contributed by atoms with Crippen LogP contribution in [-0.2, 0) is 0 Å². The van der Waals surface area contributed by atoms with Crippen LogP contribution in [0.4, 0.5) is 0 Å². The summed E-state index contributed by atoms with van der Waals surface area (Å²) in [5, 5.41) is 5.96. The van der Waals surface area contributed by atoms with E-state index in [-0.39, 0.29) is 22.8 Å². The second-order valence-electron chi connectivity index (χ2n) is 9.81. The van der Waals surface area contributed by atoms with Crippen LogP contribution < -0.4 is 29.1 Å². The Bertz CT molecular complexity index is 1980. The van der Waals surface area contributed by atoms with Crippen LogP contribution in [0.1, 0.15) is 33.3 Å². The molecule has 0 aliphatic heterocycles. The van der Waals surface area contributed by atoms with E-state index in [9.17, 15) is 9.59 Å². The molecular weight excluding hydrogens is 669 g/mol. The lowest BCUT2D eigenvalue weighted by atomic mass is 10.0. The molecule has 0 spiro atoms. The number of hydrogen-bond donors (Lipinski definition) is 2. The van der Waals surface area contributed by atoms with Gasteiger partial charge in [-0.25, -0.2) is 10.2 Å². The third-order valence-corrected chi connectivity index (χ3v) is 7.79. The van der Waals surface area contributed by atoms with Crippen molar-refractivity contribution in [1.29, 1.82) is 0 Å². The minimum atomic E-state index is -0.673. The number of carbonyl (C=O) groups is 2. The highest BCUT2D eigenvalue weighted by Crippen LogP contribution is 2.41. The molecule has 1 heterocycles. The summed E-state index contributed by atoms with van der Waals surface area (Å²) >= 11 is 19.3. The first-order valence-corrected chi connectivity index (χ1v) is 15.2. The van der Waals surface area contributed by atoms with E-state index in [0.29, 0.717) is 66.5 Å². The number of benzene rings is 4. The topological polar surface area (TPSA) is 120 Å². The summed E-state index contributed by atoms with van der Waals surface area (Å²) < 4.78 is 27.4. The molecule has 0 atom stereocenters. The molecule has 5 aromatic rings. The number of nitrogens with one attached hydrogen (secondary N) is 2. The number of amides is 1. The van der Waals surface area contributed by atoms with E-state index in [4.69, 9.17) is 58.5 Å². The van der Waals surface area contributed by atoms with Gasteiger partial charge >= 0.3 is 5.97 Å².